The zero-order valence-corrected chi connectivity index (χ0v) is 15.3. The number of amides is 1. The lowest BCUT2D eigenvalue weighted by molar-refractivity contribution is -0.147. The van der Waals surface area contributed by atoms with Gasteiger partial charge in [-0.3, -0.25) is 9.59 Å². The minimum atomic E-state index is -0.393. The predicted octanol–water partition coefficient (Wildman–Crippen LogP) is 4.52. The van der Waals surface area contributed by atoms with Crippen LogP contribution in [0.3, 0.4) is 0 Å². The quantitative estimate of drug-likeness (QED) is 0.734. The Hall–Kier alpha value is -1.85. The highest BCUT2D eigenvalue weighted by atomic mass is 35.5. The Balaban J connectivity index is 1.73. The van der Waals surface area contributed by atoms with Gasteiger partial charge in [-0.15, -0.1) is 11.3 Å². The fourth-order valence-electron chi connectivity index (χ4n) is 2.33. The summed E-state index contributed by atoms with van der Waals surface area (Å²) >= 11 is 7.81. The van der Waals surface area contributed by atoms with E-state index < -0.39 is 5.91 Å². The first-order chi connectivity index (χ1) is 11.5. The van der Waals surface area contributed by atoms with E-state index in [0.717, 1.165) is 17.5 Å². The molecule has 0 fully saturated rings. The lowest BCUT2D eigenvalue weighted by atomic mass is 10.1. The number of carbonyl (C=O) groups excluding carboxylic acids is 2. The summed E-state index contributed by atoms with van der Waals surface area (Å²) in [5.74, 6) is -0.760. The first-order valence-corrected chi connectivity index (χ1v) is 8.96. The van der Waals surface area contributed by atoms with E-state index in [4.69, 9.17) is 16.3 Å². The molecular formula is C18H20ClNO3S. The molecule has 0 aliphatic heterocycles. The average Bonchev–Trinajstić information content (AvgIpc) is 3.02. The van der Waals surface area contributed by atoms with Gasteiger partial charge in [0.15, 0.2) is 6.61 Å². The Kier molecular flexibility index (Phi) is 6.82. The zero-order chi connectivity index (χ0) is 17.5. The second-order valence-corrected chi connectivity index (χ2v) is 7.02. The molecule has 2 rings (SSSR count). The molecule has 1 aromatic carbocycles. The lowest BCUT2D eigenvalue weighted by Crippen LogP contribution is -2.21. The van der Waals surface area contributed by atoms with Crippen LogP contribution in [0.15, 0.2) is 29.6 Å². The number of hydrogen-bond donors (Lipinski definition) is 1. The number of rotatable bonds is 7. The van der Waals surface area contributed by atoms with Crippen LogP contribution in [-0.4, -0.2) is 18.5 Å². The van der Waals surface area contributed by atoms with Crippen molar-refractivity contribution in [2.75, 3.05) is 11.9 Å². The Morgan fingerprint density at radius 3 is 2.75 bits per heavy atom. The van der Waals surface area contributed by atoms with Crippen LogP contribution in [0.25, 0.3) is 0 Å². The molecule has 1 heterocycles. The van der Waals surface area contributed by atoms with Gasteiger partial charge >= 0.3 is 5.97 Å². The minimum absolute atomic E-state index is 0.301. The van der Waals surface area contributed by atoms with Crippen LogP contribution in [0, 0.1) is 13.8 Å². The van der Waals surface area contributed by atoms with Crippen LogP contribution in [0.2, 0.25) is 5.02 Å². The molecule has 0 radical (unpaired) electrons. The number of thiophene rings is 1. The van der Waals surface area contributed by atoms with Crippen molar-refractivity contribution in [3.05, 3.63) is 50.7 Å². The van der Waals surface area contributed by atoms with Gasteiger partial charge in [-0.25, -0.2) is 0 Å². The normalized spacial score (nSPS) is 10.5. The van der Waals surface area contributed by atoms with Gasteiger partial charge in [0.25, 0.3) is 5.91 Å². The van der Waals surface area contributed by atoms with E-state index in [9.17, 15) is 9.59 Å². The molecule has 0 saturated heterocycles. The highest BCUT2D eigenvalue weighted by Gasteiger charge is 2.12. The number of ether oxygens (including phenoxy) is 1. The molecule has 24 heavy (non-hydrogen) atoms. The highest BCUT2D eigenvalue weighted by Crippen LogP contribution is 2.27. The van der Waals surface area contributed by atoms with E-state index in [1.807, 2.05) is 37.4 Å². The maximum absolute atomic E-state index is 11.9. The van der Waals surface area contributed by atoms with Gasteiger partial charge in [0, 0.05) is 11.3 Å². The Morgan fingerprint density at radius 1 is 1.29 bits per heavy atom. The molecule has 0 aliphatic carbocycles. The minimum Gasteiger partial charge on any atom is -0.456 e. The average molecular weight is 366 g/mol. The van der Waals surface area contributed by atoms with E-state index >= 15 is 0 Å². The number of nitrogens with one attached hydrogen (secondary N) is 1. The summed E-state index contributed by atoms with van der Waals surface area (Å²) in [6.07, 6.45) is 1.86. The highest BCUT2D eigenvalue weighted by molar-refractivity contribution is 7.09. The van der Waals surface area contributed by atoms with Crippen LogP contribution in [0.5, 0.6) is 0 Å². The standard InChI is InChI=1S/C18H20ClNO3S/c1-12-9-13(2)18(15(19)10-12)20-16(21)11-23-17(22)7-3-5-14-6-4-8-24-14/h4,6,8-10H,3,5,7,11H2,1-2H3,(H,20,21). The third-order valence-electron chi connectivity index (χ3n) is 3.44. The topological polar surface area (TPSA) is 55.4 Å². The van der Waals surface area contributed by atoms with Gasteiger partial charge in [-0.2, -0.15) is 0 Å². The van der Waals surface area contributed by atoms with Crippen molar-refractivity contribution in [1.82, 2.24) is 0 Å². The summed E-state index contributed by atoms with van der Waals surface area (Å²) in [5, 5.41) is 5.18. The second kappa shape index (κ2) is 8.85. The molecule has 0 aliphatic rings. The Morgan fingerprint density at radius 2 is 2.08 bits per heavy atom. The number of carbonyl (C=O) groups is 2. The molecule has 128 valence electrons. The summed E-state index contributed by atoms with van der Waals surface area (Å²) in [7, 11) is 0. The van der Waals surface area contributed by atoms with Crippen LogP contribution in [-0.2, 0) is 20.7 Å². The molecular weight excluding hydrogens is 346 g/mol. The lowest BCUT2D eigenvalue weighted by Gasteiger charge is -2.11. The maximum Gasteiger partial charge on any atom is 0.306 e. The molecule has 0 atom stereocenters. The van der Waals surface area contributed by atoms with Gasteiger partial charge in [-0.05, 0) is 55.3 Å². The molecule has 0 saturated carbocycles. The molecule has 1 N–H and O–H groups in total. The van der Waals surface area contributed by atoms with Crippen LogP contribution in [0.1, 0.15) is 28.8 Å². The van der Waals surface area contributed by atoms with Gasteiger partial charge in [0.05, 0.1) is 10.7 Å². The molecule has 4 nitrogen and oxygen atoms in total. The van der Waals surface area contributed by atoms with Gasteiger partial charge in [-0.1, -0.05) is 23.7 Å². The van der Waals surface area contributed by atoms with Crippen molar-refractivity contribution in [1.29, 1.82) is 0 Å². The van der Waals surface area contributed by atoms with E-state index in [1.54, 1.807) is 17.4 Å². The molecule has 6 heteroatoms. The molecule has 0 bridgehead atoms. The van der Waals surface area contributed by atoms with Crippen molar-refractivity contribution < 1.29 is 14.3 Å². The predicted molar refractivity (Wildman–Crippen MR) is 97.8 cm³/mol. The zero-order valence-electron chi connectivity index (χ0n) is 13.7. The first kappa shape index (κ1) is 18.5. The van der Waals surface area contributed by atoms with Crippen molar-refractivity contribution in [2.24, 2.45) is 0 Å². The molecule has 0 unspecified atom stereocenters. The monoisotopic (exact) mass is 365 g/mol. The largest absolute Gasteiger partial charge is 0.456 e. The van der Waals surface area contributed by atoms with Gasteiger partial charge in [0.1, 0.15) is 0 Å². The molecule has 2 aromatic rings. The molecule has 1 aromatic heterocycles. The number of anilines is 1. The third kappa shape index (κ3) is 5.65. The summed E-state index contributed by atoms with van der Waals surface area (Å²) in [4.78, 5) is 24.8. The number of aryl methyl sites for hydroxylation is 3. The fraction of sp³-hybridized carbons (Fsp3) is 0.333. The van der Waals surface area contributed by atoms with E-state index in [2.05, 4.69) is 5.32 Å². The number of esters is 1. The van der Waals surface area contributed by atoms with Crippen molar-refractivity contribution >= 4 is 40.5 Å². The van der Waals surface area contributed by atoms with Gasteiger partial charge in [0.2, 0.25) is 0 Å². The summed E-state index contributed by atoms with van der Waals surface area (Å²) in [6.45, 7) is 3.50. The number of hydrogen-bond acceptors (Lipinski definition) is 4. The van der Waals surface area contributed by atoms with E-state index in [1.165, 1.54) is 4.88 Å². The molecule has 1 amide bonds. The summed E-state index contributed by atoms with van der Waals surface area (Å²) in [5.41, 5.74) is 2.45. The fourth-order valence-corrected chi connectivity index (χ4v) is 3.45. The second-order valence-electron chi connectivity index (χ2n) is 5.58. The summed E-state index contributed by atoms with van der Waals surface area (Å²) in [6, 6.07) is 7.73. The maximum atomic E-state index is 11.9. The van der Waals surface area contributed by atoms with Crippen LogP contribution in [0.4, 0.5) is 5.69 Å². The van der Waals surface area contributed by atoms with Gasteiger partial charge < -0.3 is 10.1 Å². The van der Waals surface area contributed by atoms with E-state index in [0.29, 0.717) is 23.6 Å². The van der Waals surface area contributed by atoms with Crippen molar-refractivity contribution in [3.63, 3.8) is 0 Å². The van der Waals surface area contributed by atoms with Crippen molar-refractivity contribution in [2.45, 2.75) is 33.1 Å². The van der Waals surface area contributed by atoms with Crippen molar-refractivity contribution in [3.8, 4) is 0 Å². The smallest absolute Gasteiger partial charge is 0.306 e. The SMILES string of the molecule is Cc1cc(C)c(NC(=O)COC(=O)CCCc2cccs2)c(Cl)c1. The molecule has 0 spiro atoms. The van der Waals surface area contributed by atoms with E-state index in [-0.39, 0.29) is 12.6 Å². The number of halogens is 1. The van der Waals surface area contributed by atoms with Crippen LogP contribution >= 0.6 is 22.9 Å². The third-order valence-corrected chi connectivity index (χ3v) is 4.68. The first-order valence-electron chi connectivity index (χ1n) is 7.70. The summed E-state index contributed by atoms with van der Waals surface area (Å²) < 4.78 is 5.01. The number of benzene rings is 1. The van der Waals surface area contributed by atoms with Crippen LogP contribution < -0.4 is 5.32 Å². The Bertz CT molecular complexity index is 690. The Labute approximate surface area is 150 Å².